The second-order valence-corrected chi connectivity index (χ2v) is 4.81. The highest BCUT2D eigenvalue weighted by atomic mass is 16.5. The van der Waals surface area contributed by atoms with Crippen LogP contribution in [0, 0.1) is 5.92 Å². The second-order valence-electron chi connectivity index (χ2n) is 4.81. The van der Waals surface area contributed by atoms with Crippen LogP contribution in [0.4, 0.5) is 0 Å². The molecule has 1 aliphatic heterocycles. The summed E-state index contributed by atoms with van der Waals surface area (Å²) in [6.07, 6.45) is 1.94. The zero-order valence-corrected chi connectivity index (χ0v) is 11.8. The zero-order chi connectivity index (χ0) is 13.4. The molecule has 1 saturated heterocycles. The highest BCUT2D eigenvalue weighted by Crippen LogP contribution is 2.16. The molecule has 5 heteroatoms. The van der Waals surface area contributed by atoms with Gasteiger partial charge in [-0.05, 0) is 19.4 Å². The van der Waals surface area contributed by atoms with E-state index in [-0.39, 0.29) is 17.9 Å². The summed E-state index contributed by atoms with van der Waals surface area (Å²) in [5, 5.41) is 3.39. The van der Waals surface area contributed by atoms with E-state index >= 15 is 0 Å². The van der Waals surface area contributed by atoms with E-state index < -0.39 is 0 Å². The van der Waals surface area contributed by atoms with E-state index in [4.69, 9.17) is 9.47 Å². The van der Waals surface area contributed by atoms with Gasteiger partial charge in [0.15, 0.2) is 0 Å². The van der Waals surface area contributed by atoms with Crippen LogP contribution in [-0.4, -0.2) is 63.9 Å². The Bertz CT molecular complexity index is 248. The quantitative estimate of drug-likeness (QED) is 0.644. The maximum atomic E-state index is 12.3. The van der Waals surface area contributed by atoms with E-state index in [1.165, 1.54) is 0 Å². The molecule has 0 aromatic carbocycles. The number of carbonyl (C=O) groups is 1. The Labute approximate surface area is 110 Å². The molecular formula is C13H26N2O3. The van der Waals surface area contributed by atoms with Gasteiger partial charge >= 0.3 is 0 Å². The van der Waals surface area contributed by atoms with Gasteiger partial charge in [-0.1, -0.05) is 6.92 Å². The van der Waals surface area contributed by atoms with Crippen LogP contribution in [0.3, 0.4) is 0 Å². The lowest BCUT2D eigenvalue weighted by atomic mass is 10.0. The van der Waals surface area contributed by atoms with Gasteiger partial charge < -0.3 is 19.7 Å². The fraction of sp³-hybridized carbons (Fsp3) is 0.923. The third-order valence-electron chi connectivity index (χ3n) is 3.27. The van der Waals surface area contributed by atoms with Crippen molar-refractivity contribution in [3.8, 4) is 0 Å². The van der Waals surface area contributed by atoms with Crippen molar-refractivity contribution in [2.75, 3.05) is 47.1 Å². The number of rotatable bonds is 8. The van der Waals surface area contributed by atoms with E-state index in [0.717, 1.165) is 25.9 Å². The number of hydrogen-bond acceptors (Lipinski definition) is 4. The smallest absolute Gasteiger partial charge is 0.229 e. The fourth-order valence-corrected chi connectivity index (χ4v) is 2.17. The van der Waals surface area contributed by atoms with Gasteiger partial charge in [0.05, 0.1) is 19.1 Å². The summed E-state index contributed by atoms with van der Waals surface area (Å²) in [4.78, 5) is 14.1. The fourth-order valence-electron chi connectivity index (χ4n) is 2.17. The first-order valence-electron chi connectivity index (χ1n) is 6.75. The van der Waals surface area contributed by atoms with Gasteiger partial charge in [0, 0.05) is 33.4 Å². The first-order valence-corrected chi connectivity index (χ1v) is 6.75. The molecule has 5 nitrogen and oxygen atoms in total. The molecule has 1 rings (SSSR count). The number of hydrogen-bond donors (Lipinski definition) is 1. The first kappa shape index (κ1) is 15.4. The molecule has 2 unspecified atom stereocenters. The molecule has 0 aromatic heterocycles. The third kappa shape index (κ3) is 4.55. The van der Waals surface area contributed by atoms with E-state index in [2.05, 4.69) is 12.2 Å². The van der Waals surface area contributed by atoms with Crippen LogP contribution in [0.1, 0.15) is 19.8 Å². The van der Waals surface area contributed by atoms with Gasteiger partial charge in [0.2, 0.25) is 5.91 Å². The highest BCUT2D eigenvalue weighted by Gasteiger charge is 2.34. The van der Waals surface area contributed by atoms with Crippen LogP contribution in [0.2, 0.25) is 0 Å². The predicted molar refractivity (Wildman–Crippen MR) is 70.5 cm³/mol. The molecule has 2 atom stereocenters. The second kappa shape index (κ2) is 8.45. The van der Waals surface area contributed by atoms with E-state index in [1.54, 1.807) is 12.0 Å². The first-order chi connectivity index (χ1) is 8.70. The van der Waals surface area contributed by atoms with Crippen molar-refractivity contribution < 1.29 is 14.3 Å². The molecule has 1 fully saturated rings. The summed E-state index contributed by atoms with van der Waals surface area (Å²) in [5.74, 6) is 0.140. The molecule has 18 heavy (non-hydrogen) atoms. The summed E-state index contributed by atoms with van der Waals surface area (Å²) in [6.45, 7) is 5.67. The molecule has 1 aliphatic rings. The minimum absolute atomic E-state index is 0.0379. The molecular weight excluding hydrogens is 232 g/mol. The van der Waals surface area contributed by atoms with Crippen LogP contribution >= 0.6 is 0 Å². The summed E-state index contributed by atoms with van der Waals surface area (Å²) in [7, 11) is 3.53. The van der Waals surface area contributed by atoms with Gasteiger partial charge in [-0.2, -0.15) is 0 Å². The number of nitrogens with zero attached hydrogens (tertiary/aromatic N) is 1. The third-order valence-corrected chi connectivity index (χ3v) is 3.27. The molecule has 1 heterocycles. The van der Waals surface area contributed by atoms with Crippen LogP contribution in [0.15, 0.2) is 0 Å². The Balaban J connectivity index is 2.38. The lowest BCUT2D eigenvalue weighted by Crippen LogP contribution is -2.45. The van der Waals surface area contributed by atoms with E-state index in [0.29, 0.717) is 19.8 Å². The van der Waals surface area contributed by atoms with Crippen LogP contribution in [0.25, 0.3) is 0 Å². The van der Waals surface area contributed by atoms with Gasteiger partial charge in [0.1, 0.15) is 0 Å². The minimum atomic E-state index is -0.0379. The maximum Gasteiger partial charge on any atom is 0.229 e. The van der Waals surface area contributed by atoms with E-state index in [1.807, 2.05) is 7.05 Å². The summed E-state index contributed by atoms with van der Waals surface area (Å²) < 4.78 is 10.4. The monoisotopic (exact) mass is 258 g/mol. The van der Waals surface area contributed by atoms with E-state index in [9.17, 15) is 4.79 Å². The number of carbonyl (C=O) groups excluding carboxylic acids is 1. The molecule has 0 spiro atoms. The average molecular weight is 258 g/mol. The van der Waals surface area contributed by atoms with Gasteiger partial charge in [-0.25, -0.2) is 0 Å². The molecule has 0 radical (unpaired) electrons. The summed E-state index contributed by atoms with van der Waals surface area (Å²) in [5.41, 5.74) is 0. The Morgan fingerprint density at radius 1 is 1.50 bits per heavy atom. The van der Waals surface area contributed by atoms with Crippen molar-refractivity contribution in [3.05, 3.63) is 0 Å². The lowest BCUT2D eigenvalue weighted by molar-refractivity contribution is -0.134. The number of methoxy groups -OCH3 is 1. The Morgan fingerprint density at radius 2 is 2.28 bits per heavy atom. The predicted octanol–water partition coefficient (Wildman–Crippen LogP) is 0.496. The van der Waals surface area contributed by atoms with Crippen molar-refractivity contribution in [2.24, 2.45) is 5.92 Å². The van der Waals surface area contributed by atoms with Crippen molar-refractivity contribution in [1.82, 2.24) is 10.2 Å². The van der Waals surface area contributed by atoms with Crippen molar-refractivity contribution in [3.63, 3.8) is 0 Å². The number of amides is 1. The molecule has 0 aromatic rings. The molecule has 106 valence electrons. The Hall–Kier alpha value is -0.650. The van der Waals surface area contributed by atoms with Crippen molar-refractivity contribution >= 4 is 5.91 Å². The SMILES string of the molecule is CCCNC1COCC1C(=O)N(C)CCCOC. The van der Waals surface area contributed by atoms with Gasteiger partial charge in [-0.3, -0.25) is 4.79 Å². The molecule has 0 aliphatic carbocycles. The normalized spacial score (nSPS) is 23.3. The van der Waals surface area contributed by atoms with Crippen molar-refractivity contribution in [2.45, 2.75) is 25.8 Å². The van der Waals surface area contributed by atoms with Crippen molar-refractivity contribution in [1.29, 1.82) is 0 Å². The molecule has 1 N–H and O–H groups in total. The van der Waals surface area contributed by atoms with Gasteiger partial charge in [-0.15, -0.1) is 0 Å². The molecule has 1 amide bonds. The minimum Gasteiger partial charge on any atom is -0.385 e. The topological polar surface area (TPSA) is 50.8 Å². The van der Waals surface area contributed by atoms with Crippen LogP contribution in [-0.2, 0) is 14.3 Å². The van der Waals surface area contributed by atoms with Gasteiger partial charge in [0.25, 0.3) is 0 Å². The molecule has 0 bridgehead atoms. The zero-order valence-electron chi connectivity index (χ0n) is 11.8. The van der Waals surface area contributed by atoms with Crippen LogP contribution in [0.5, 0.6) is 0 Å². The summed E-state index contributed by atoms with van der Waals surface area (Å²) in [6, 6.07) is 0.169. The van der Waals surface area contributed by atoms with Crippen LogP contribution < -0.4 is 5.32 Å². The Kier molecular flexibility index (Phi) is 7.23. The summed E-state index contributed by atoms with van der Waals surface area (Å²) >= 11 is 0. The lowest BCUT2D eigenvalue weighted by Gasteiger charge is -2.24. The maximum absolute atomic E-state index is 12.3. The number of nitrogens with one attached hydrogen (secondary N) is 1. The standard InChI is InChI=1S/C13H26N2O3/c1-4-6-14-12-10-18-9-11(12)13(16)15(2)7-5-8-17-3/h11-12,14H,4-10H2,1-3H3. The Morgan fingerprint density at radius 3 is 2.94 bits per heavy atom. The molecule has 0 saturated carbocycles. The largest absolute Gasteiger partial charge is 0.385 e. The number of ether oxygens (including phenoxy) is 2. The average Bonchev–Trinajstić information content (AvgIpc) is 2.83. The highest BCUT2D eigenvalue weighted by molar-refractivity contribution is 5.79.